The molecule has 166 valence electrons. The predicted octanol–water partition coefficient (Wildman–Crippen LogP) is 1.31. The Morgan fingerprint density at radius 3 is 2.58 bits per heavy atom. The molecule has 2 amide bonds. The van der Waals surface area contributed by atoms with Gasteiger partial charge in [0.15, 0.2) is 0 Å². The third kappa shape index (κ3) is 6.29. The lowest BCUT2D eigenvalue weighted by Gasteiger charge is -2.19. The lowest BCUT2D eigenvalue weighted by molar-refractivity contribution is -0.125. The van der Waals surface area contributed by atoms with Gasteiger partial charge in [0, 0.05) is 32.1 Å². The number of aliphatic hydroxyl groups excluding tert-OH is 1. The summed E-state index contributed by atoms with van der Waals surface area (Å²) >= 11 is 0. The van der Waals surface area contributed by atoms with Crippen LogP contribution in [0.3, 0.4) is 0 Å². The van der Waals surface area contributed by atoms with Gasteiger partial charge in [0.1, 0.15) is 12.4 Å². The quantitative estimate of drug-likeness (QED) is 0.564. The number of hydrogen-bond acceptors (Lipinski definition) is 5. The highest BCUT2D eigenvalue weighted by Crippen LogP contribution is 2.32. The zero-order valence-corrected chi connectivity index (χ0v) is 18.1. The summed E-state index contributed by atoms with van der Waals surface area (Å²) in [7, 11) is 3.67. The molecule has 1 fully saturated rings. The van der Waals surface area contributed by atoms with E-state index in [1.54, 1.807) is 7.11 Å². The summed E-state index contributed by atoms with van der Waals surface area (Å²) in [6.07, 6.45) is 0.767. The van der Waals surface area contributed by atoms with Crippen LogP contribution in [0.25, 0.3) is 0 Å². The number of aliphatic hydroxyl groups is 1. The van der Waals surface area contributed by atoms with Crippen molar-refractivity contribution in [3.05, 3.63) is 65.2 Å². The lowest BCUT2D eigenvalue weighted by atomic mass is 9.87. The number of carbonyl (C=O) groups excluding carboxylic acids is 2. The van der Waals surface area contributed by atoms with E-state index in [1.165, 1.54) is 0 Å². The van der Waals surface area contributed by atoms with Crippen molar-refractivity contribution in [2.45, 2.75) is 18.9 Å². The minimum absolute atomic E-state index is 0.0712. The standard InChI is InChI=1S/C24H31N3O4/c1-27-14-21(19-5-3-4-18(12-19)13-26-23(29)16-28)22(15-27)24(30)25-11-10-17-6-8-20(31-2)9-7-17/h3-9,12,21-22,28H,10-11,13-16H2,1-2H3,(H,25,30)(H,26,29)/t21-,22+/m0/s1. The van der Waals surface area contributed by atoms with Crippen molar-refractivity contribution in [1.29, 1.82) is 0 Å². The van der Waals surface area contributed by atoms with Gasteiger partial charge in [-0.25, -0.2) is 0 Å². The Morgan fingerprint density at radius 1 is 1.10 bits per heavy atom. The maximum absolute atomic E-state index is 13.0. The second-order valence-electron chi connectivity index (χ2n) is 8.00. The summed E-state index contributed by atoms with van der Waals surface area (Å²) in [5.74, 6) is 0.465. The van der Waals surface area contributed by atoms with Crippen LogP contribution in [0.4, 0.5) is 0 Å². The lowest BCUT2D eigenvalue weighted by Crippen LogP contribution is -2.35. The van der Waals surface area contributed by atoms with Crippen LogP contribution in [-0.2, 0) is 22.6 Å². The molecule has 0 bridgehead atoms. The molecule has 1 heterocycles. The maximum Gasteiger partial charge on any atom is 0.245 e. The molecule has 2 aromatic rings. The fourth-order valence-electron chi connectivity index (χ4n) is 4.05. The van der Waals surface area contributed by atoms with Gasteiger partial charge in [0.05, 0.1) is 13.0 Å². The van der Waals surface area contributed by atoms with Crippen molar-refractivity contribution in [2.75, 3.05) is 40.4 Å². The van der Waals surface area contributed by atoms with E-state index >= 15 is 0 Å². The molecular weight excluding hydrogens is 394 g/mol. The Balaban J connectivity index is 1.59. The summed E-state index contributed by atoms with van der Waals surface area (Å²) in [5, 5.41) is 14.6. The van der Waals surface area contributed by atoms with E-state index in [2.05, 4.69) is 15.5 Å². The van der Waals surface area contributed by atoms with Crippen molar-refractivity contribution in [1.82, 2.24) is 15.5 Å². The Kier molecular flexibility index (Phi) is 8.03. The molecule has 0 saturated carbocycles. The summed E-state index contributed by atoms with van der Waals surface area (Å²) in [6, 6.07) is 15.8. The number of nitrogens with one attached hydrogen (secondary N) is 2. The van der Waals surface area contributed by atoms with Gasteiger partial charge in [-0.2, -0.15) is 0 Å². The topological polar surface area (TPSA) is 90.9 Å². The largest absolute Gasteiger partial charge is 0.497 e. The first-order valence-electron chi connectivity index (χ1n) is 10.6. The van der Waals surface area contributed by atoms with Gasteiger partial charge in [-0.15, -0.1) is 0 Å². The number of methoxy groups -OCH3 is 1. The second kappa shape index (κ2) is 10.9. The van der Waals surface area contributed by atoms with Gasteiger partial charge in [0.25, 0.3) is 0 Å². The molecule has 3 N–H and O–H groups in total. The molecule has 1 aliphatic rings. The Bertz CT molecular complexity index is 885. The molecule has 7 heteroatoms. The van der Waals surface area contributed by atoms with Crippen LogP contribution in [-0.4, -0.2) is 62.2 Å². The average molecular weight is 426 g/mol. The van der Waals surface area contributed by atoms with Crippen molar-refractivity contribution < 1.29 is 19.4 Å². The highest BCUT2D eigenvalue weighted by molar-refractivity contribution is 5.80. The molecule has 0 radical (unpaired) electrons. The molecule has 2 aromatic carbocycles. The van der Waals surface area contributed by atoms with Crippen LogP contribution in [0, 0.1) is 5.92 Å². The Morgan fingerprint density at radius 2 is 1.87 bits per heavy atom. The first-order valence-corrected chi connectivity index (χ1v) is 10.6. The van der Waals surface area contributed by atoms with Crippen LogP contribution in [0.5, 0.6) is 5.75 Å². The SMILES string of the molecule is COc1ccc(CCNC(=O)[C@@H]2CN(C)C[C@H]2c2cccc(CNC(=O)CO)c2)cc1. The molecule has 7 nitrogen and oxygen atoms in total. The van der Waals surface area contributed by atoms with E-state index in [1.807, 2.05) is 55.6 Å². The van der Waals surface area contributed by atoms with Gasteiger partial charge in [0.2, 0.25) is 11.8 Å². The number of hydrogen-bond donors (Lipinski definition) is 3. The van der Waals surface area contributed by atoms with Gasteiger partial charge in [-0.3, -0.25) is 9.59 Å². The first-order chi connectivity index (χ1) is 15.0. The first kappa shape index (κ1) is 22.8. The number of likely N-dealkylation sites (tertiary alicyclic amines) is 1. The number of rotatable bonds is 9. The van der Waals surface area contributed by atoms with Crippen molar-refractivity contribution in [3.8, 4) is 5.75 Å². The van der Waals surface area contributed by atoms with Crippen molar-refractivity contribution >= 4 is 11.8 Å². The molecule has 2 atom stereocenters. The molecule has 0 aromatic heterocycles. The Hall–Kier alpha value is -2.90. The highest BCUT2D eigenvalue weighted by atomic mass is 16.5. The van der Waals surface area contributed by atoms with Crippen LogP contribution in [0.15, 0.2) is 48.5 Å². The maximum atomic E-state index is 13.0. The molecular formula is C24H31N3O4. The summed E-state index contributed by atoms with van der Waals surface area (Å²) in [6.45, 7) is 1.94. The molecule has 31 heavy (non-hydrogen) atoms. The fourth-order valence-corrected chi connectivity index (χ4v) is 4.05. The van der Waals surface area contributed by atoms with Crippen LogP contribution < -0.4 is 15.4 Å². The molecule has 0 aliphatic carbocycles. The number of nitrogens with zero attached hydrogens (tertiary/aromatic N) is 1. The molecule has 0 spiro atoms. The normalized spacial score (nSPS) is 18.5. The van der Waals surface area contributed by atoms with Gasteiger partial charge < -0.3 is 25.4 Å². The van der Waals surface area contributed by atoms with Crippen LogP contribution >= 0.6 is 0 Å². The van der Waals surface area contributed by atoms with E-state index in [0.29, 0.717) is 19.6 Å². The summed E-state index contributed by atoms with van der Waals surface area (Å²) in [5.41, 5.74) is 3.20. The zero-order chi connectivity index (χ0) is 22.2. The van der Waals surface area contributed by atoms with Gasteiger partial charge in [-0.1, -0.05) is 36.4 Å². The number of ether oxygens (including phenoxy) is 1. The average Bonchev–Trinajstić information content (AvgIpc) is 3.20. The molecule has 1 saturated heterocycles. The van der Waals surface area contributed by atoms with Crippen molar-refractivity contribution in [3.63, 3.8) is 0 Å². The number of likely N-dealkylation sites (N-methyl/N-ethyl adjacent to an activating group) is 1. The monoisotopic (exact) mass is 425 g/mol. The number of benzene rings is 2. The van der Waals surface area contributed by atoms with E-state index in [9.17, 15) is 9.59 Å². The van der Waals surface area contributed by atoms with Crippen LogP contribution in [0.1, 0.15) is 22.6 Å². The van der Waals surface area contributed by atoms with E-state index in [-0.39, 0.29) is 17.7 Å². The number of carbonyl (C=O) groups is 2. The fraction of sp³-hybridized carbons (Fsp3) is 0.417. The zero-order valence-electron chi connectivity index (χ0n) is 18.1. The summed E-state index contributed by atoms with van der Waals surface area (Å²) < 4.78 is 5.18. The third-order valence-electron chi connectivity index (χ3n) is 5.72. The van der Waals surface area contributed by atoms with E-state index < -0.39 is 12.5 Å². The number of amides is 2. The van der Waals surface area contributed by atoms with E-state index in [0.717, 1.165) is 35.4 Å². The highest BCUT2D eigenvalue weighted by Gasteiger charge is 2.36. The van der Waals surface area contributed by atoms with Crippen molar-refractivity contribution in [2.24, 2.45) is 5.92 Å². The Labute approximate surface area is 183 Å². The molecule has 1 aliphatic heterocycles. The minimum atomic E-state index is -0.522. The summed E-state index contributed by atoms with van der Waals surface area (Å²) in [4.78, 5) is 26.5. The minimum Gasteiger partial charge on any atom is -0.497 e. The van der Waals surface area contributed by atoms with Gasteiger partial charge >= 0.3 is 0 Å². The van der Waals surface area contributed by atoms with Crippen LogP contribution in [0.2, 0.25) is 0 Å². The molecule has 3 rings (SSSR count). The van der Waals surface area contributed by atoms with Gasteiger partial charge in [-0.05, 0) is 42.3 Å². The second-order valence-corrected chi connectivity index (χ2v) is 8.00. The van der Waals surface area contributed by atoms with E-state index in [4.69, 9.17) is 9.84 Å². The molecule has 0 unspecified atom stereocenters. The smallest absolute Gasteiger partial charge is 0.245 e. The predicted molar refractivity (Wildman–Crippen MR) is 119 cm³/mol. The third-order valence-corrected chi connectivity index (χ3v) is 5.72.